The molecule has 26 heavy (non-hydrogen) atoms. The highest BCUT2D eigenvalue weighted by Gasteiger charge is 2.17. The Morgan fingerprint density at radius 3 is 2.58 bits per heavy atom. The van der Waals surface area contributed by atoms with Gasteiger partial charge >= 0.3 is 0 Å². The van der Waals surface area contributed by atoms with Gasteiger partial charge in [0.25, 0.3) is 0 Å². The number of amides is 1. The number of anilines is 1. The summed E-state index contributed by atoms with van der Waals surface area (Å²) in [6.45, 7) is 6.71. The average Bonchev–Trinajstić information content (AvgIpc) is 3.17. The lowest BCUT2D eigenvalue weighted by Gasteiger charge is -2.08. The predicted octanol–water partition coefficient (Wildman–Crippen LogP) is 4.67. The molecule has 1 amide bonds. The summed E-state index contributed by atoms with van der Waals surface area (Å²) in [4.78, 5) is 12.3. The molecule has 2 aromatic heterocycles. The van der Waals surface area contributed by atoms with Crippen molar-refractivity contribution in [3.8, 4) is 11.6 Å². The van der Waals surface area contributed by atoms with Gasteiger partial charge in [0.1, 0.15) is 0 Å². The number of hydrogen-bond acceptors (Lipinski definition) is 5. The molecule has 0 atom stereocenters. The molecule has 0 aliphatic rings. The average molecular weight is 435 g/mol. The van der Waals surface area contributed by atoms with Gasteiger partial charge in [-0.25, -0.2) is 0 Å². The highest BCUT2D eigenvalue weighted by atomic mass is 79.9. The molecule has 0 unspecified atom stereocenters. The van der Waals surface area contributed by atoms with Gasteiger partial charge in [-0.15, -0.1) is 10.2 Å². The Bertz CT molecular complexity index is 915. The van der Waals surface area contributed by atoms with E-state index in [1.54, 1.807) is 0 Å². The summed E-state index contributed by atoms with van der Waals surface area (Å²) in [5.74, 6) is 1.47. The topological polar surface area (TPSA) is 73.0 Å². The number of carbonyl (C=O) groups is 1. The van der Waals surface area contributed by atoms with E-state index in [4.69, 9.17) is 4.42 Å². The Kier molecular flexibility index (Phi) is 5.83. The van der Waals surface area contributed by atoms with Gasteiger partial charge in [-0.1, -0.05) is 17.8 Å². The fraction of sp³-hybridized carbons (Fsp3) is 0.278. The first-order valence-electron chi connectivity index (χ1n) is 8.16. The third-order valence-corrected chi connectivity index (χ3v) is 5.06. The van der Waals surface area contributed by atoms with E-state index in [1.807, 2.05) is 49.6 Å². The van der Waals surface area contributed by atoms with E-state index < -0.39 is 0 Å². The highest BCUT2D eigenvalue weighted by molar-refractivity contribution is 9.10. The number of rotatable bonds is 6. The van der Waals surface area contributed by atoms with E-state index in [1.165, 1.54) is 11.8 Å². The van der Waals surface area contributed by atoms with Crippen molar-refractivity contribution < 1.29 is 9.21 Å². The monoisotopic (exact) mass is 434 g/mol. The summed E-state index contributed by atoms with van der Waals surface area (Å²) in [5.41, 5.74) is 3.05. The number of halogens is 1. The largest absolute Gasteiger partial charge is 0.446 e. The molecular formula is C18H19BrN4O2S. The van der Waals surface area contributed by atoms with Crippen LogP contribution in [-0.2, 0) is 11.3 Å². The van der Waals surface area contributed by atoms with Gasteiger partial charge in [-0.3, -0.25) is 9.36 Å². The summed E-state index contributed by atoms with van der Waals surface area (Å²) >= 11 is 4.65. The van der Waals surface area contributed by atoms with Crippen LogP contribution >= 0.6 is 27.7 Å². The number of benzene rings is 1. The second-order valence-electron chi connectivity index (χ2n) is 5.87. The van der Waals surface area contributed by atoms with Gasteiger partial charge < -0.3 is 9.73 Å². The van der Waals surface area contributed by atoms with Crippen molar-refractivity contribution in [2.75, 3.05) is 11.1 Å². The zero-order valence-corrected chi connectivity index (χ0v) is 17.1. The van der Waals surface area contributed by atoms with E-state index >= 15 is 0 Å². The fourth-order valence-electron chi connectivity index (χ4n) is 2.67. The van der Waals surface area contributed by atoms with E-state index in [9.17, 15) is 4.79 Å². The molecule has 0 aliphatic carbocycles. The Morgan fingerprint density at radius 2 is 1.96 bits per heavy atom. The maximum Gasteiger partial charge on any atom is 0.234 e. The van der Waals surface area contributed by atoms with Crippen molar-refractivity contribution in [2.24, 2.45) is 0 Å². The maximum absolute atomic E-state index is 12.3. The molecular weight excluding hydrogens is 416 g/mol. The molecule has 6 nitrogen and oxygen atoms in total. The van der Waals surface area contributed by atoms with Crippen LogP contribution in [-0.4, -0.2) is 26.4 Å². The lowest BCUT2D eigenvalue weighted by molar-refractivity contribution is -0.113. The van der Waals surface area contributed by atoms with Gasteiger partial charge in [-0.05, 0) is 72.1 Å². The predicted molar refractivity (Wildman–Crippen MR) is 106 cm³/mol. The number of nitrogens with one attached hydrogen (secondary N) is 1. The van der Waals surface area contributed by atoms with Crippen LogP contribution in [0.4, 0.5) is 5.69 Å². The summed E-state index contributed by atoms with van der Waals surface area (Å²) < 4.78 is 8.13. The first kappa shape index (κ1) is 18.7. The lowest BCUT2D eigenvalue weighted by atomic mass is 10.1. The van der Waals surface area contributed by atoms with Crippen molar-refractivity contribution in [1.82, 2.24) is 14.8 Å². The number of nitrogens with zero attached hydrogens (tertiary/aromatic N) is 3. The van der Waals surface area contributed by atoms with Gasteiger partial charge in [0.2, 0.25) is 11.7 Å². The molecule has 0 spiro atoms. The van der Waals surface area contributed by atoms with E-state index in [0.29, 0.717) is 28.0 Å². The van der Waals surface area contributed by atoms with Crippen LogP contribution in [0.15, 0.2) is 44.6 Å². The molecule has 1 N–H and O–H groups in total. The Hall–Kier alpha value is -2.06. The molecule has 136 valence electrons. The Balaban J connectivity index is 1.67. The fourth-order valence-corrected chi connectivity index (χ4v) is 3.78. The van der Waals surface area contributed by atoms with E-state index in [-0.39, 0.29) is 11.7 Å². The molecule has 3 rings (SSSR count). The van der Waals surface area contributed by atoms with Gasteiger partial charge in [0.05, 0.1) is 5.75 Å². The number of hydrogen-bond donors (Lipinski definition) is 1. The molecule has 0 bridgehead atoms. The first-order valence-corrected chi connectivity index (χ1v) is 9.94. The SMILES string of the molecule is CCn1c(SCC(=O)Nc2cc(C)cc(C)c2)nnc1-c1ccc(Br)o1. The van der Waals surface area contributed by atoms with Crippen LogP contribution in [0.1, 0.15) is 18.1 Å². The van der Waals surface area contributed by atoms with Crippen molar-refractivity contribution in [1.29, 1.82) is 0 Å². The summed E-state index contributed by atoms with van der Waals surface area (Å²) in [5, 5.41) is 12.0. The zero-order valence-electron chi connectivity index (χ0n) is 14.7. The minimum atomic E-state index is -0.0760. The molecule has 0 saturated carbocycles. The van der Waals surface area contributed by atoms with Gasteiger partial charge in [0, 0.05) is 12.2 Å². The molecule has 2 heterocycles. The van der Waals surface area contributed by atoms with E-state index in [2.05, 4.69) is 37.5 Å². The van der Waals surface area contributed by atoms with Crippen LogP contribution < -0.4 is 5.32 Å². The van der Waals surface area contributed by atoms with Gasteiger partial charge in [-0.2, -0.15) is 0 Å². The Labute approximate surface area is 164 Å². The summed E-state index contributed by atoms with van der Waals surface area (Å²) in [6, 6.07) is 9.63. The first-order chi connectivity index (χ1) is 12.5. The second-order valence-corrected chi connectivity index (χ2v) is 7.59. The second kappa shape index (κ2) is 8.09. The molecule has 3 aromatic rings. The molecule has 8 heteroatoms. The smallest absolute Gasteiger partial charge is 0.234 e. The Morgan fingerprint density at radius 1 is 1.23 bits per heavy atom. The minimum Gasteiger partial charge on any atom is -0.446 e. The summed E-state index contributed by atoms with van der Waals surface area (Å²) in [7, 11) is 0. The van der Waals surface area contributed by atoms with Crippen molar-refractivity contribution in [2.45, 2.75) is 32.5 Å². The molecule has 0 radical (unpaired) electrons. The zero-order chi connectivity index (χ0) is 18.7. The van der Waals surface area contributed by atoms with E-state index in [0.717, 1.165) is 16.8 Å². The molecule has 0 fully saturated rings. The molecule has 1 aromatic carbocycles. The number of aromatic nitrogens is 3. The highest BCUT2D eigenvalue weighted by Crippen LogP contribution is 2.27. The van der Waals surface area contributed by atoms with Crippen LogP contribution in [0.3, 0.4) is 0 Å². The molecule has 0 aliphatic heterocycles. The van der Waals surface area contributed by atoms with Crippen molar-refractivity contribution >= 4 is 39.3 Å². The number of carbonyl (C=O) groups excluding carboxylic acids is 1. The van der Waals surface area contributed by atoms with Gasteiger partial charge in [0.15, 0.2) is 15.6 Å². The van der Waals surface area contributed by atoms with Crippen LogP contribution in [0.5, 0.6) is 0 Å². The third-order valence-electron chi connectivity index (χ3n) is 3.66. The molecule has 0 saturated heterocycles. The summed E-state index contributed by atoms with van der Waals surface area (Å²) in [6.07, 6.45) is 0. The van der Waals surface area contributed by atoms with Crippen LogP contribution in [0, 0.1) is 13.8 Å². The number of thioether (sulfide) groups is 1. The van der Waals surface area contributed by atoms with Crippen LogP contribution in [0.25, 0.3) is 11.6 Å². The van der Waals surface area contributed by atoms with Crippen LogP contribution in [0.2, 0.25) is 0 Å². The number of furan rings is 1. The van der Waals surface area contributed by atoms with Crippen molar-refractivity contribution in [3.63, 3.8) is 0 Å². The quantitative estimate of drug-likeness (QED) is 0.570. The maximum atomic E-state index is 12.3. The lowest BCUT2D eigenvalue weighted by Crippen LogP contribution is -2.15. The standard InChI is InChI=1S/C18H19BrN4O2S/c1-4-23-17(14-5-6-15(19)25-14)21-22-18(23)26-10-16(24)20-13-8-11(2)7-12(3)9-13/h5-9H,4,10H2,1-3H3,(H,20,24). The third kappa shape index (κ3) is 4.37. The van der Waals surface area contributed by atoms with Crippen molar-refractivity contribution in [3.05, 3.63) is 46.1 Å². The number of aryl methyl sites for hydroxylation is 2. The normalized spacial score (nSPS) is 10.9. The minimum absolute atomic E-state index is 0.0760.